The molecule has 0 bridgehead atoms. The summed E-state index contributed by atoms with van der Waals surface area (Å²) in [5.41, 5.74) is 3.42. The Balaban J connectivity index is 1.74. The van der Waals surface area contributed by atoms with Crippen molar-refractivity contribution in [3.63, 3.8) is 0 Å². The van der Waals surface area contributed by atoms with Crippen LogP contribution in [0.2, 0.25) is 0 Å². The zero-order valence-corrected chi connectivity index (χ0v) is 21.3. The SMILES string of the molecule is CCc1nc2ccc(Br)cc2c(=O)n1N=Cc1ccc(N(C)C)cc1OCc1ccccc1C#N. The van der Waals surface area contributed by atoms with E-state index in [9.17, 15) is 10.1 Å². The van der Waals surface area contributed by atoms with Crippen LogP contribution < -0.4 is 15.2 Å². The third-order valence-corrected chi connectivity index (χ3v) is 6.03. The summed E-state index contributed by atoms with van der Waals surface area (Å²) in [7, 11) is 3.90. The van der Waals surface area contributed by atoms with Crippen LogP contribution in [0.5, 0.6) is 5.75 Å². The van der Waals surface area contributed by atoms with Crippen molar-refractivity contribution < 1.29 is 4.74 Å². The molecule has 0 amide bonds. The van der Waals surface area contributed by atoms with Crippen molar-refractivity contribution in [2.75, 3.05) is 19.0 Å². The van der Waals surface area contributed by atoms with E-state index in [0.717, 1.165) is 15.7 Å². The van der Waals surface area contributed by atoms with E-state index in [1.54, 1.807) is 18.3 Å². The van der Waals surface area contributed by atoms with Crippen LogP contribution in [-0.4, -0.2) is 30.0 Å². The summed E-state index contributed by atoms with van der Waals surface area (Å²) in [4.78, 5) is 19.8. The summed E-state index contributed by atoms with van der Waals surface area (Å²) in [6.45, 7) is 2.17. The summed E-state index contributed by atoms with van der Waals surface area (Å²) in [6.07, 6.45) is 2.16. The minimum Gasteiger partial charge on any atom is -0.488 e. The van der Waals surface area contributed by atoms with Gasteiger partial charge in [-0.25, -0.2) is 4.98 Å². The Kier molecular flexibility index (Phi) is 7.28. The van der Waals surface area contributed by atoms with E-state index in [2.05, 4.69) is 32.1 Å². The Labute approximate surface area is 212 Å². The van der Waals surface area contributed by atoms with Crippen LogP contribution in [0.25, 0.3) is 10.9 Å². The molecular formula is C27H24BrN5O2. The molecule has 0 saturated carbocycles. The zero-order valence-electron chi connectivity index (χ0n) is 19.7. The first kappa shape index (κ1) is 24.2. The highest BCUT2D eigenvalue weighted by Gasteiger charge is 2.11. The van der Waals surface area contributed by atoms with Crippen molar-refractivity contribution in [3.05, 3.63) is 98.0 Å². The van der Waals surface area contributed by atoms with E-state index in [4.69, 9.17) is 4.74 Å². The molecule has 0 unspecified atom stereocenters. The smallest absolute Gasteiger partial charge is 0.282 e. The molecular weight excluding hydrogens is 506 g/mol. The maximum absolute atomic E-state index is 13.2. The molecule has 35 heavy (non-hydrogen) atoms. The molecule has 0 fully saturated rings. The fourth-order valence-corrected chi connectivity index (χ4v) is 3.97. The van der Waals surface area contributed by atoms with Crippen LogP contribution in [0, 0.1) is 11.3 Å². The average molecular weight is 530 g/mol. The molecule has 0 radical (unpaired) electrons. The van der Waals surface area contributed by atoms with E-state index in [0.29, 0.717) is 40.0 Å². The van der Waals surface area contributed by atoms with Crippen molar-refractivity contribution >= 4 is 38.7 Å². The lowest BCUT2D eigenvalue weighted by Gasteiger charge is -2.16. The summed E-state index contributed by atoms with van der Waals surface area (Å²) >= 11 is 3.42. The number of hydrogen-bond donors (Lipinski definition) is 0. The topological polar surface area (TPSA) is 83.5 Å². The average Bonchev–Trinajstić information content (AvgIpc) is 2.87. The quantitative estimate of drug-likeness (QED) is 0.310. The van der Waals surface area contributed by atoms with Crippen LogP contribution in [0.4, 0.5) is 5.69 Å². The van der Waals surface area contributed by atoms with Gasteiger partial charge in [-0.2, -0.15) is 15.0 Å². The molecule has 4 aromatic rings. The number of rotatable bonds is 7. The number of halogens is 1. The third kappa shape index (κ3) is 5.26. The summed E-state index contributed by atoms with van der Waals surface area (Å²) < 4.78 is 8.28. The maximum atomic E-state index is 13.2. The normalized spacial score (nSPS) is 11.1. The third-order valence-electron chi connectivity index (χ3n) is 5.54. The van der Waals surface area contributed by atoms with Gasteiger partial charge >= 0.3 is 0 Å². The highest BCUT2D eigenvalue weighted by atomic mass is 79.9. The standard InChI is InChI=1S/C27H24BrN5O2/c1-4-26-31-24-12-10-21(28)13-23(24)27(34)33(26)30-16-19-9-11-22(32(2)3)14-25(19)35-17-20-8-6-5-7-18(20)15-29/h5-14,16H,4,17H2,1-3H3. The van der Waals surface area contributed by atoms with Crippen LogP contribution >= 0.6 is 15.9 Å². The van der Waals surface area contributed by atoms with Gasteiger partial charge in [-0.05, 0) is 36.4 Å². The van der Waals surface area contributed by atoms with Crippen molar-refractivity contribution in [2.24, 2.45) is 5.10 Å². The van der Waals surface area contributed by atoms with Crippen molar-refractivity contribution in [1.29, 1.82) is 5.26 Å². The van der Waals surface area contributed by atoms with Gasteiger partial charge in [-0.3, -0.25) is 4.79 Å². The fraction of sp³-hybridized carbons (Fsp3) is 0.185. The molecule has 176 valence electrons. The maximum Gasteiger partial charge on any atom is 0.282 e. The van der Waals surface area contributed by atoms with Crippen LogP contribution in [0.3, 0.4) is 0 Å². The molecule has 4 rings (SSSR count). The van der Waals surface area contributed by atoms with Gasteiger partial charge in [0.15, 0.2) is 0 Å². The first-order chi connectivity index (χ1) is 16.9. The molecule has 0 aliphatic rings. The minimum atomic E-state index is -0.236. The number of ether oxygens (including phenoxy) is 1. The molecule has 0 atom stereocenters. The molecule has 0 spiro atoms. The number of hydrogen-bond acceptors (Lipinski definition) is 6. The molecule has 0 saturated heterocycles. The highest BCUT2D eigenvalue weighted by Crippen LogP contribution is 2.25. The van der Waals surface area contributed by atoms with E-state index in [1.807, 2.05) is 74.4 Å². The summed E-state index contributed by atoms with van der Waals surface area (Å²) in [5, 5.41) is 14.4. The molecule has 1 aromatic heterocycles. The van der Waals surface area contributed by atoms with Gasteiger partial charge in [0.1, 0.15) is 18.2 Å². The molecule has 7 nitrogen and oxygen atoms in total. The van der Waals surface area contributed by atoms with Gasteiger partial charge < -0.3 is 9.64 Å². The first-order valence-electron chi connectivity index (χ1n) is 11.1. The molecule has 0 N–H and O–H groups in total. The molecule has 3 aromatic carbocycles. The minimum absolute atomic E-state index is 0.229. The van der Waals surface area contributed by atoms with E-state index >= 15 is 0 Å². The van der Waals surface area contributed by atoms with Crippen molar-refractivity contribution in [2.45, 2.75) is 20.0 Å². The number of nitriles is 1. The predicted molar refractivity (Wildman–Crippen MR) is 142 cm³/mol. The monoisotopic (exact) mass is 529 g/mol. The second kappa shape index (κ2) is 10.5. The Bertz CT molecular complexity index is 1520. The number of fused-ring (bicyclic) bond motifs is 1. The van der Waals surface area contributed by atoms with Gasteiger partial charge in [-0.15, -0.1) is 0 Å². The lowest BCUT2D eigenvalue weighted by molar-refractivity contribution is 0.305. The van der Waals surface area contributed by atoms with Crippen molar-refractivity contribution in [3.8, 4) is 11.8 Å². The molecule has 0 aliphatic heterocycles. The highest BCUT2D eigenvalue weighted by molar-refractivity contribution is 9.10. The zero-order chi connectivity index (χ0) is 24.9. The number of aryl methyl sites for hydroxylation is 1. The van der Waals surface area contributed by atoms with Gasteiger partial charge in [0, 0.05) is 47.9 Å². The van der Waals surface area contributed by atoms with Crippen LogP contribution in [-0.2, 0) is 13.0 Å². The van der Waals surface area contributed by atoms with Crippen molar-refractivity contribution in [1.82, 2.24) is 9.66 Å². The number of anilines is 1. The summed E-state index contributed by atoms with van der Waals surface area (Å²) in [6, 6.07) is 20.7. The number of benzene rings is 3. The first-order valence-corrected chi connectivity index (χ1v) is 11.9. The van der Waals surface area contributed by atoms with Gasteiger partial charge in [0.25, 0.3) is 5.56 Å². The predicted octanol–water partition coefficient (Wildman–Crippen LogP) is 5.12. The van der Waals surface area contributed by atoms with E-state index in [-0.39, 0.29) is 12.2 Å². The number of nitrogens with zero attached hydrogens (tertiary/aromatic N) is 5. The summed E-state index contributed by atoms with van der Waals surface area (Å²) in [5.74, 6) is 1.16. The molecule has 1 heterocycles. The lowest BCUT2D eigenvalue weighted by Crippen LogP contribution is -2.22. The van der Waals surface area contributed by atoms with Gasteiger partial charge in [-0.1, -0.05) is 41.1 Å². The van der Waals surface area contributed by atoms with E-state index in [1.165, 1.54) is 4.68 Å². The Morgan fingerprint density at radius 2 is 1.97 bits per heavy atom. The van der Waals surface area contributed by atoms with Gasteiger partial charge in [0.05, 0.1) is 28.8 Å². The molecule has 8 heteroatoms. The second-order valence-electron chi connectivity index (χ2n) is 8.08. The van der Waals surface area contributed by atoms with E-state index < -0.39 is 0 Å². The second-order valence-corrected chi connectivity index (χ2v) is 8.99. The largest absolute Gasteiger partial charge is 0.488 e. The Morgan fingerprint density at radius 3 is 2.71 bits per heavy atom. The number of aromatic nitrogens is 2. The lowest BCUT2D eigenvalue weighted by atomic mass is 10.1. The van der Waals surface area contributed by atoms with Gasteiger partial charge in [0.2, 0.25) is 0 Å². The Hall–Kier alpha value is -3.96. The Morgan fingerprint density at radius 1 is 1.17 bits per heavy atom. The molecule has 0 aliphatic carbocycles. The fourth-order valence-electron chi connectivity index (χ4n) is 3.61. The van der Waals surface area contributed by atoms with Crippen LogP contribution in [0.15, 0.2) is 75.0 Å². The van der Waals surface area contributed by atoms with Crippen LogP contribution in [0.1, 0.15) is 29.4 Å².